The van der Waals surface area contributed by atoms with E-state index < -0.39 is 17.4 Å². The third-order valence-electron chi connectivity index (χ3n) is 6.18. The Morgan fingerprint density at radius 2 is 1.62 bits per heavy atom. The molecule has 0 radical (unpaired) electrons. The molecule has 210 valence electrons. The monoisotopic (exact) mass is 545 g/mol. The van der Waals surface area contributed by atoms with Crippen LogP contribution in [0.2, 0.25) is 0 Å². The summed E-state index contributed by atoms with van der Waals surface area (Å²) in [6, 6.07) is 12.1. The van der Waals surface area contributed by atoms with Gasteiger partial charge in [-0.2, -0.15) is 0 Å². The van der Waals surface area contributed by atoms with E-state index in [2.05, 4.69) is 25.8 Å². The second-order valence-corrected chi connectivity index (χ2v) is 10.8. The second-order valence-electron chi connectivity index (χ2n) is 10.8. The highest BCUT2D eigenvalue weighted by Gasteiger charge is 2.25. The van der Waals surface area contributed by atoms with E-state index >= 15 is 0 Å². The van der Waals surface area contributed by atoms with Crippen molar-refractivity contribution in [1.29, 1.82) is 0 Å². The molecule has 2 aromatic heterocycles. The predicted molar refractivity (Wildman–Crippen MR) is 153 cm³/mol. The molecule has 0 atom stereocenters. The van der Waals surface area contributed by atoms with Gasteiger partial charge in [-0.25, -0.2) is 9.78 Å². The molecule has 2 N–H and O–H groups in total. The smallest absolute Gasteiger partial charge is 0.410 e. The molecule has 0 unspecified atom stereocenters. The Bertz CT molecular complexity index is 1370. The third kappa shape index (κ3) is 7.52. The predicted octanol–water partition coefficient (Wildman–Crippen LogP) is 4.44. The lowest BCUT2D eigenvalue weighted by atomic mass is 10.1. The van der Waals surface area contributed by atoms with Crippen molar-refractivity contribution in [1.82, 2.24) is 20.1 Å². The minimum atomic E-state index is -0.549. The summed E-state index contributed by atoms with van der Waals surface area (Å²) >= 11 is 0. The molecular weight excluding hydrogens is 510 g/mol. The molecule has 3 heterocycles. The summed E-state index contributed by atoms with van der Waals surface area (Å²) in [5.41, 5.74) is 2.06. The van der Waals surface area contributed by atoms with Crippen molar-refractivity contribution in [3.8, 4) is 0 Å². The summed E-state index contributed by atoms with van der Waals surface area (Å²) in [6.07, 6.45) is 2.09. The Morgan fingerprint density at radius 1 is 0.850 bits per heavy atom. The van der Waals surface area contributed by atoms with Gasteiger partial charge >= 0.3 is 6.09 Å². The van der Waals surface area contributed by atoms with Gasteiger partial charge in [0.05, 0.1) is 11.3 Å². The molecule has 1 fully saturated rings. The highest BCUT2D eigenvalue weighted by Crippen LogP contribution is 2.21. The van der Waals surface area contributed by atoms with E-state index in [1.165, 1.54) is 0 Å². The van der Waals surface area contributed by atoms with Gasteiger partial charge in [-0.3, -0.25) is 9.59 Å². The number of amides is 3. The molecule has 0 spiro atoms. The number of nitrogens with one attached hydrogen (secondary N) is 2. The summed E-state index contributed by atoms with van der Waals surface area (Å²) in [4.78, 5) is 46.4. The number of pyridine rings is 1. The molecule has 40 heavy (non-hydrogen) atoms. The van der Waals surface area contributed by atoms with Crippen LogP contribution < -0.4 is 15.5 Å². The van der Waals surface area contributed by atoms with E-state index in [0.29, 0.717) is 49.1 Å². The van der Waals surface area contributed by atoms with Crippen LogP contribution in [-0.4, -0.2) is 69.8 Å². The van der Waals surface area contributed by atoms with Crippen molar-refractivity contribution >= 4 is 35.2 Å². The zero-order valence-electron chi connectivity index (χ0n) is 23.5. The molecule has 0 bridgehead atoms. The van der Waals surface area contributed by atoms with Gasteiger partial charge in [0.25, 0.3) is 11.8 Å². The summed E-state index contributed by atoms with van der Waals surface area (Å²) in [5.74, 6) is 0.151. The number of aromatic nitrogens is 3. The maximum atomic E-state index is 13.0. The average molecular weight is 546 g/mol. The van der Waals surface area contributed by atoms with E-state index in [1.807, 2.05) is 51.7 Å². The van der Waals surface area contributed by atoms with Crippen LogP contribution in [0.25, 0.3) is 0 Å². The fourth-order valence-electron chi connectivity index (χ4n) is 4.14. The summed E-state index contributed by atoms with van der Waals surface area (Å²) in [7, 11) is 0. The van der Waals surface area contributed by atoms with Gasteiger partial charge < -0.3 is 25.2 Å². The van der Waals surface area contributed by atoms with Gasteiger partial charge in [-0.1, -0.05) is 17.7 Å². The number of carbonyl (C=O) groups is 3. The number of hydrogen-bond donors (Lipinski definition) is 2. The summed E-state index contributed by atoms with van der Waals surface area (Å²) in [5, 5.41) is 13.9. The minimum absolute atomic E-state index is 0.112. The van der Waals surface area contributed by atoms with Crippen LogP contribution in [0.4, 0.5) is 22.1 Å². The van der Waals surface area contributed by atoms with Gasteiger partial charge in [0.15, 0.2) is 11.5 Å². The lowest BCUT2D eigenvalue weighted by molar-refractivity contribution is 0.0263. The maximum absolute atomic E-state index is 13.0. The van der Waals surface area contributed by atoms with Gasteiger partial charge in [0, 0.05) is 32.4 Å². The lowest BCUT2D eigenvalue weighted by Gasteiger charge is -2.26. The quantitative estimate of drug-likeness (QED) is 0.481. The van der Waals surface area contributed by atoms with Gasteiger partial charge in [0.2, 0.25) is 0 Å². The highest BCUT2D eigenvalue weighted by atomic mass is 16.6. The Kier molecular flexibility index (Phi) is 8.61. The first-order chi connectivity index (χ1) is 19.0. The molecule has 1 aliphatic heterocycles. The minimum Gasteiger partial charge on any atom is -0.444 e. The van der Waals surface area contributed by atoms with Crippen molar-refractivity contribution in [2.45, 2.75) is 46.6 Å². The van der Waals surface area contributed by atoms with Gasteiger partial charge in [-0.15, -0.1) is 10.2 Å². The highest BCUT2D eigenvalue weighted by molar-refractivity contribution is 6.12. The van der Waals surface area contributed by atoms with Crippen LogP contribution >= 0.6 is 0 Å². The van der Waals surface area contributed by atoms with Crippen LogP contribution in [-0.2, 0) is 4.74 Å². The molecule has 11 heteroatoms. The number of carbonyl (C=O) groups excluding carboxylic acids is 3. The first-order valence-electron chi connectivity index (χ1n) is 13.2. The number of anilines is 3. The zero-order chi connectivity index (χ0) is 28.9. The Balaban J connectivity index is 1.41. The van der Waals surface area contributed by atoms with Crippen LogP contribution in [0.15, 0.2) is 48.7 Å². The van der Waals surface area contributed by atoms with E-state index in [4.69, 9.17) is 4.74 Å². The number of benzene rings is 1. The first kappa shape index (κ1) is 28.5. The Labute approximate surface area is 233 Å². The molecular formula is C29H35N7O4. The Hall–Kier alpha value is -4.54. The molecule has 4 rings (SSSR count). The van der Waals surface area contributed by atoms with Crippen molar-refractivity contribution in [3.63, 3.8) is 0 Å². The topological polar surface area (TPSA) is 130 Å². The molecule has 11 nitrogen and oxygen atoms in total. The van der Waals surface area contributed by atoms with E-state index in [9.17, 15) is 14.4 Å². The van der Waals surface area contributed by atoms with Crippen LogP contribution in [0, 0.1) is 13.8 Å². The van der Waals surface area contributed by atoms with Crippen molar-refractivity contribution in [3.05, 3.63) is 71.0 Å². The SMILES string of the molecule is Cc1ccc(NC(=O)c2cc(C)ccc2NC(=O)c2ccc(N3CCCN(C(=O)OC(C)(C)C)CC3)nn2)nc1. The molecule has 1 saturated heterocycles. The van der Waals surface area contributed by atoms with E-state index in [-0.39, 0.29) is 11.8 Å². The number of ether oxygens (including phenoxy) is 1. The number of aryl methyl sites for hydroxylation is 2. The van der Waals surface area contributed by atoms with Gasteiger partial charge in [-0.05, 0) is 76.9 Å². The maximum Gasteiger partial charge on any atom is 0.410 e. The largest absolute Gasteiger partial charge is 0.444 e. The van der Waals surface area contributed by atoms with Gasteiger partial charge in [0.1, 0.15) is 11.4 Å². The number of hydrogen-bond acceptors (Lipinski definition) is 8. The molecule has 3 aromatic rings. The van der Waals surface area contributed by atoms with E-state index in [0.717, 1.165) is 17.5 Å². The number of rotatable bonds is 5. The average Bonchev–Trinajstić information content (AvgIpc) is 3.17. The normalized spacial score (nSPS) is 13.8. The molecule has 1 aromatic carbocycles. The fraction of sp³-hybridized carbons (Fsp3) is 0.379. The number of nitrogens with zero attached hydrogens (tertiary/aromatic N) is 5. The second kappa shape index (κ2) is 12.1. The van der Waals surface area contributed by atoms with E-state index in [1.54, 1.807) is 41.4 Å². The van der Waals surface area contributed by atoms with Crippen LogP contribution in [0.1, 0.15) is 59.2 Å². The van der Waals surface area contributed by atoms with Crippen molar-refractivity contribution < 1.29 is 19.1 Å². The molecule has 0 aliphatic carbocycles. The first-order valence-corrected chi connectivity index (χ1v) is 13.2. The lowest BCUT2D eigenvalue weighted by Crippen LogP contribution is -2.39. The van der Waals surface area contributed by atoms with Crippen LogP contribution in [0.5, 0.6) is 0 Å². The molecule has 1 aliphatic rings. The van der Waals surface area contributed by atoms with Crippen molar-refractivity contribution in [2.75, 3.05) is 41.7 Å². The summed E-state index contributed by atoms with van der Waals surface area (Å²) in [6.45, 7) is 11.7. The summed E-state index contributed by atoms with van der Waals surface area (Å²) < 4.78 is 5.50. The zero-order valence-corrected chi connectivity index (χ0v) is 23.5. The third-order valence-corrected chi connectivity index (χ3v) is 6.18. The molecule has 3 amide bonds. The van der Waals surface area contributed by atoms with Crippen molar-refractivity contribution in [2.24, 2.45) is 0 Å². The Morgan fingerprint density at radius 3 is 2.30 bits per heavy atom. The standard InChI is InChI=1S/C29H35N7O4/c1-19-7-9-22(21(17-19)26(37)32-24-11-8-20(2)18-30-24)31-27(38)23-10-12-25(34-33-23)35-13-6-14-36(16-15-35)28(39)40-29(3,4)5/h7-12,17-18H,6,13-16H2,1-5H3,(H,31,38)(H,30,32,37). The van der Waals surface area contributed by atoms with Crippen LogP contribution in [0.3, 0.4) is 0 Å². The molecule has 0 saturated carbocycles. The fourth-order valence-corrected chi connectivity index (χ4v) is 4.14.